The number of thioether (sulfide) groups is 1. The van der Waals surface area contributed by atoms with E-state index in [0.29, 0.717) is 34.0 Å². The van der Waals surface area contributed by atoms with Gasteiger partial charge in [0, 0.05) is 21.3 Å². The van der Waals surface area contributed by atoms with Gasteiger partial charge in [0.1, 0.15) is 4.83 Å². The Morgan fingerprint density at radius 3 is 2.64 bits per heavy atom. The van der Waals surface area contributed by atoms with Crippen molar-refractivity contribution in [1.29, 1.82) is 0 Å². The summed E-state index contributed by atoms with van der Waals surface area (Å²) in [6, 6.07) is 16.7. The molecule has 168 valence electrons. The first-order valence-electron chi connectivity index (χ1n) is 10.5. The van der Waals surface area contributed by atoms with Crippen molar-refractivity contribution in [3.05, 3.63) is 85.4 Å². The molecule has 0 amide bonds. The molecule has 0 bridgehead atoms. The van der Waals surface area contributed by atoms with Crippen LogP contribution in [-0.4, -0.2) is 26.7 Å². The van der Waals surface area contributed by atoms with E-state index in [2.05, 4.69) is 15.9 Å². The van der Waals surface area contributed by atoms with Gasteiger partial charge >= 0.3 is 0 Å². The van der Waals surface area contributed by atoms with Crippen LogP contribution < -0.4 is 5.56 Å². The first-order valence-corrected chi connectivity index (χ1v) is 13.1. The predicted molar refractivity (Wildman–Crippen MR) is 137 cm³/mol. The zero-order valence-electron chi connectivity index (χ0n) is 18.1. The average molecular weight is 541 g/mol. The summed E-state index contributed by atoms with van der Waals surface area (Å²) in [7, 11) is 0. The lowest BCUT2D eigenvalue weighted by Crippen LogP contribution is -2.32. The number of ketones is 1. The van der Waals surface area contributed by atoms with Crippen molar-refractivity contribution < 1.29 is 9.53 Å². The normalized spacial score (nSPS) is 14.9. The van der Waals surface area contributed by atoms with Crippen molar-refractivity contribution >= 4 is 55.0 Å². The first-order chi connectivity index (χ1) is 15.8. The van der Waals surface area contributed by atoms with Crippen LogP contribution in [0.1, 0.15) is 34.6 Å². The fourth-order valence-electron chi connectivity index (χ4n) is 3.93. The maximum Gasteiger partial charge on any atom is 0.267 e. The van der Waals surface area contributed by atoms with Crippen molar-refractivity contribution in [3.63, 3.8) is 0 Å². The van der Waals surface area contributed by atoms with E-state index < -0.39 is 0 Å². The predicted octanol–water partition coefficient (Wildman–Crippen LogP) is 6.04. The Bertz CT molecular complexity index is 1410. The molecule has 0 unspecified atom stereocenters. The first kappa shape index (κ1) is 22.5. The number of hydrogen-bond acceptors (Lipinski definition) is 6. The molecule has 0 spiro atoms. The van der Waals surface area contributed by atoms with Crippen molar-refractivity contribution in [2.75, 3.05) is 5.75 Å². The molecule has 8 heteroatoms. The van der Waals surface area contributed by atoms with Crippen LogP contribution >= 0.6 is 39.0 Å². The monoisotopic (exact) mass is 540 g/mol. The molecule has 1 aliphatic rings. The summed E-state index contributed by atoms with van der Waals surface area (Å²) in [6.07, 6.45) is 0.665. The molecule has 3 heterocycles. The van der Waals surface area contributed by atoms with Gasteiger partial charge in [-0.2, -0.15) is 0 Å². The third-order valence-electron chi connectivity index (χ3n) is 5.59. The molecule has 5 rings (SSSR count). The topological polar surface area (TPSA) is 61.2 Å². The fraction of sp³-hybridized carbons (Fsp3) is 0.240. The van der Waals surface area contributed by atoms with E-state index in [4.69, 9.17) is 9.72 Å². The summed E-state index contributed by atoms with van der Waals surface area (Å²) in [5.41, 5.74) is 1.97. The van der Waals surface area contributed by atoms with Crippen molar-refractivity contribution in [1.82, 2.24) is 9.55 Å². The second-order valence-electron chi connectivity index (χ2n) is 8.50. The molecule has 0 radical (unpaired) electrons. The van der Waals surface area contributed by atoms with E-state index in [-0.39, 0.29) is 22.7 Å². The maximum absolute atomic E-state index is 13.9. The highest BCUT2D eigenvalue weighted by molar-refractivity contribution is 9.10. The standard InChI is InChI=1S/C25H21BrN2O3S2/c1-25(2)12-18-20(13-31-25)33-22-21(18)23(30)28(17-10-8-16(26)9-11-17)24(27-22)32-14-19(29)15-6-4-3-5-7-15/h3-11H,12-14H2,1-2H3. The van der Waals surface area contributed by atoms with Crippen LogP contribution in [0.15, 0.2) is 69.0 Å². The molecular weight excluding hydrogens is 520 g/mol. The van der Waals surface area contributed by atoms with Gasteiger partial charge in [0.2, 0.25) is 0 Å². The quantitative estimate of drug-likeness (QED) is 0.175. The molecule has 0 fully saturated rings. The molecule has 2 aromatic carbocycles. The molecule has 33 heavy (non-hydrogen) atoms. The summed E-state index contributed by atoms with van der Waals surface area (Å²) in [5, 5.41) is 1.17. The molecular formula is C25H21BrN2O3S2. The van der Waals surface area contributed by atoms with E-state index in [9.17, 15) is 9.59 Å². The molecule has 0 saturated heterocycles. The molecule has 4 aromatic rings. The van der Waals surface area contributed by atoms with E-state index in [1.807, 2.05) is 56.3 Å². The Balaban J connectivity index is 1.63. The average Bonchev–Trinajstić information content (AvgIpc) is 3.15. The molecule has 0 atom stereocenters. The summed E-state index contributed by atoms with van der Waals surface area (Å²) in [6.45, 7) is 4.56. The number of halogens is 1. The summed E-state index contributed by atoms with van der Waals surface area (Å²) < 4.78 is 8.52. The number of carbonyl (C=O) groups is 1. The Morgan fingerprint density at radius 1 is 1.18 bits per heavy atom. The van der Waals surface area contributed by atoms with Gasteiger partial charge in [-0.05, 0) is 43.7 Å². The lowest BCUT2D eigenvalue weighted by atomic mass is 9.94. The highest BCUT2D eigenvalue weighted by atomic mass is 79.9. The van der Waals surface area contributed by atoms with Gasteiger partial charge in [0.25, 0.3) is 5.56 Å². The van der Waals surface area contributed by atoms with Crippen LogP contribution in [-0.2, 0) is 17.8 Å². The van der Waals surface area contributed by atoms with E-state index >= 15 is 0 Å². The van der Waals surface area contributed by atoms with Crippen LogP contribution in [0, 0.1) is 0 Å². The van der Waals surface area contributed by atoms with Crippen molar-refractivity contribution in [3.8, 4) is 5.69 Å². The van der Waals surface area contributed by atoms with Gasteiger partial charge in [0.05, 0.1) is 29.0 Å². The van der Waals surface area contributed by atoms with Crippen LogP contribution in [0.5, 0.6) is 0 Å². The number of nitrogens with zero attached hydrogens (tertiary/aromatic N) is 2. The van der Waals surface area contributed by atoms with Crippen LogP contribution in [0.2, 0.25) is 0 Å². The molecule has 0 N–H and O–H groups in total. The minimum absolute atomic E-state index is 0.00192. The Labute approximate surface area is 207 Å². The highest BCUT2D eigenvalue weighted by Gasteiger charge is 2.31. The molecule has 0 aliphatic carbocycles. The van der Waals surface area contributed by atoms with Gasteiger partial charge in [-0.1, -0.05) is 58.0 Å². The van der Waals surface area contributed by atoms with Crippen LogP contribution in [0.3, 0.4) is 0 Å². The number of aromatic nitrogens is 2. The van der Waals surface area contributed by atoms with Crippen LogP contribution in [0.25, 0.3) is 15.9 Å². The molecule has 0 saturated carbocycles. The van der Waals surface area contributed by atoms with Crippen molar-refractivity contribution in [2.24, 2.45) is 0 Å². The van der Waals surface area contributed by atoms with E-state index in [1.54, 1.807) is 16.7 Å². The fourth-order valence-corrected chi connectivity index (χ4v) is 6.24. The third-order valence-corrected chi connectivity index (χ3v) is 8.15. The zero-order chi connectivity index (χ0) is 23.2. The number of hydrogen-bond donors (Lipinski definition) is 0. The number of benzene rings is 2. The molecule has 1 aliphatic heterocycles. The van der Waals surface area contributed by atoms with E-state index in [0.717, 1.165) is 20.6 Å². The minimum Gasteiger partial charge on any atom is -0.370 e. The Hall–Kier alpha value is -2.26. The number of fused-ring (bicyclic) bond motifs is 3. The smallest absolute Gasteiger partial charge is 0.267 e. The molecule has 5 nitrogen and oxygen atoms in total. The van der Waals surface area contributed by atoms with Gasteiger partial charge in [-0.15, -0.1) is 11.3 Å². The number of Topliss-reactive ketones (excluding diaryl/α,β-unsaturated/α-hetero) is 1. The molecule has 2 aromatic heterocycles. The lowest BCUT2D eigenvalue weighted by molar-refractivity contribution is -0.0379. The second-order valence-corrected chi connectivity index (χ2v) is 11.4. The lowest BCUT2D eigenvalue weighted by Gasteiger charge is -2.29. The highest BCUT2D eigenvalue weighted by Crippen LogP contribution is 2.38. The summed E-state index contributed by atoms with van der Waals surface area (Å²) in [4.78, 5) is 33.2. The van der Waals surface area contributed by atoms with Gasteiger partial charge in [0.15, 0.2) is 10.9 Å². The number of carbonyl (C=O) groups excluding carboxylic acids is 1. The van der Waals surface area contributed by atoms with Gasteiger partial charge in [-0.25, -0.2) is 4.98 Å². The Kier molecular flexibility index (Phi) is 6.03. The SMILES string of the molecule is CC1(C)Cc2c(sc3nc(SCC(=O)c4ccccc4)n(-c4ccc(Br)cc4)c(=O)c23)CO1. The largest absolute Gasteiger partial charge is 0.370 e. The maximum atomic E-state index is 13.9. The van der Waals surface area contributed by atoms with Gasteiger partial charge in [-0.3, -0.25) is 14.2 Å². The van der Waals surface area contributed by atoms with Crippen LogP contribution in [0.4, 0.5) is 0 Å². The Morgan fingerprint density at radius 2 is 1.91 bits per heavy atom. The number of ether oxygens (including phenoxy) is 1. The summed E-state index contributed by atoms with van der Waals surface area (Å²) >= 11 is 6.26. The summed E-state index contributed by atoms with van der Waals surface area (Å²) in [5.74, 6) is 0.192. The van der Waals surface area contributed by atoms with E-state index in [1.165, 1.54) is 23.1 Å². The van der Waals surface area contributed by atoms with Crippen molar-refractivity contribution in [2.45, 2.75) is 37.6 Å². The number of thiophene rings is 1. The number of rotatable bonds is 5. The van der Waals surface area contributed by atoms with Gasteiger partial charge < -0.3 is 4.74 Å². The second kappa shape index (κ2) is 8.83. The minimum atomic E-state index is -0.328. The zero-order valence-corrected chi connectivity index (χ0v) is 21.4. The third kappa shape index (κ3) is 4.45.